The molecular weight excluding hydrogens is 316 g/mol. The average molecular weight is 349 g/mol. The second-order valence-corrected chi connectivity index (χ2v) is 10.1. The van der Waals surface area contributed by atoms with Gasteiger partial charge in [-0.3, -0.25) is 4.79 Å². The minimum absolute atomic E-state index is 0.294. The first kappa shape index (κ1) is 16.8. The number of allylic oxidation sites excluding steroid dienone is 1. The van der Waals surface area contributed by atoms with E-state index >= 15 is 0 Å². The van der Waals surface area contributed by atoms with Gasteiger partial charge in [0.05, 0.1) is 0 Å². The van der Waals surface area contributed by atoms with Crippen LogP contribution in [0.2, 0.25) is 0 Å². The number of benzene rings is 1. The minimum Gasteiger partial charge on any atom is -0.295 e. The first-order valence-corrected chi connectivity index (χ1v) is 10.8. The van der Waals surface area contributed by atoms with Crippen LogP contribution in [0.5, 0.6) is 0 Å². The molecule has 0 aromatic heterocycles. The highest BCUT2D eigenvalue weighted by Gasteiger charge is 2.58. The minimum atomic E-state index is 0.294. The molecule has 26 heavy (non-hydrogen) atoms. The van der Waals surface area contributed by atoms with Crippen molar-refractivity contribution in [2.45, 2.75) is 71.1 Å². The van der Waals surface area contributed by atoms with Crippen molar-refractivity contribution in [3.8, 4) is 0 Å². The summed E-state index contributed by atoms with van der Waals surface area (Å²) in [6, 6.07) is 11.3. The van der Waals surface area contributed by atoms with E-state index in [0.29, 0.717) is 16.6 Å². The smallest absolute Gasteiger partial charge is 0.155 e. The third kappa shape index (κ3) is 2.31. The van der Waals surface area contributed by atoms with Gasteiger partial charge < -0.3 is 0 Å². The van der Waals surface area contributed by atoms with Crippen molar-refractivity contribution in [3.05, 3.63) is 47.5 Å². The van der Waals surface area contributed by atoms with Crippen LogP contribution in [0.4, 0.5) is 0 Å². The Hall–Kier alpha value is -1.37. The largest absolute Gasteiger partial charge is 0.295 e. The van der Waals surface area contributed by atoms with E-state index in [9.17, 15) is 4.79 Å². The monoisotopic (exact) mass is 348 g/mol. The van der Waals surface area contributed by atoms with Gasteiger partial charge in [0.15, 0.2) is 5.78 Å². The summed E-state index contributed by atoms with van der Waals surface area (Å²) < 4.78 is 0. The van der Waals surface area contributed by atoms with Crippen LogP contribution in [-0.2, 0) is 4.79 Å². The summed E-state index contributed by atoms with van der Waals surface area (Å²) in [4.78, 5) is 12.0. The fraction of sp³-hybridized carbons (Fsp3) is 0.640. The van der Waals surface area contributed by atoms with Crippen LogP contribution in [0.1, 0.15) is 76.7 Å². The molecule has 138 valence electrons. The highest BCUT2D eigenvalue weighted by molar-refractivity contribution is 5.91. The van der Waals surface area contributed by atoms with Gasteiger partial charge in [0.1, 0.15) is 0 Å². The summed E-state index contributed by atoms with van der Waals surface area (Å²) in [7, 11) is 0. The summed E-state index contributed by atoms with van der Waals surface area (Å²) in [5.41, 5.74) is 3.89. The molecule has 4 aliphatic rings. The van der Waals surface area contributed by atoms with Crippen LogP contribution >= 0.6 is 0 Å². The third-order valence-electron chi connectivity index (χ3n) is 9.02. The van der Waals surface area contributed by atoms with E-state index in [1.54, 1.807) is 5.56 Å². The quantitative estimate of drug-likeness (QED) is 0.582. The second-order valence-electron chi connectivity index (χ2n) is 10.1. The van der Waals surface area contributed by atoms with Crippen molar-refractivity contribution >= 4 is 5.78 Å². The highest BCUT2D eigenvalue weighted by Crippen LogP contribution is 2.68. The fourth-order valence-corrected chi connectivity index (χ4v) is 7.70. The summed E-state index contributed by atoms with van der Waals surface area (Å²) in [6.45, 7) is 5.09. The van der Waals surface area contributed by atoms with Crippen LogP contribution in [0.15, 0.2) is 42.0 Å². The molecule has 5 rings (SSSR count). The predicted molar refractivity (Wildman–Crippen MR) is 106 cm³/mol. The maximum Gasteiger partial charge on any atom is 0.155 e. The molecule has 0 aliphatic heterocycles. The molecular formula is C25H32O. The lowest BCUT2D eigenvalue weighted by Crippen LogP contribution is -2.50. The van der Waals surface area contributed by atoms with Crippen molar-refractivity contribution in [3.63, 3.8) is 0 Å². The van der Waals surface area contributed by atoms with Crippen LogP contribution in [-0.4, -0.2) is 5.78 Å². The maximum absolute atomic E-state index is 12.0. The topological polar surface area (TPSA) is 17.1 Å². The zero-order valence-corrected chi connectivity index (χ0v) is 16.3. The first-order chi connectivity index (χ1) is 12.5. The van der Waals surface area contributed by atoms with Gasteiger partial charge in [0.25, 0.3) is 0 Å². The van der Waals surface area contributed by atoms with Crippen molar-refractivity contribution in [2.75, 3.05) is 0 Å². The van der Waals surface area contributed by atoms with E-state index < -0.39 is 0 Å². The number of ketones is 1. The summed E-state index contributed by atoms with van der Waals surface area (Å²) in [5, 5.41) is 0. The number of fused-ring (bicyclic) bond motifs is 5. The summed E-state index contributed by atoms with van der Waals surface area (Å²) >= 11 is 0. The average Bonchev–Trinajstić information content (AvgIpc) is 3.01. The molecule has 0 radical (unpaired) electrons. The molecule has 1 nitrogen and oxygen atoms in total. The lowest BCUT2D eigenvalue weighted by Gasteiger charge is -2.58. The third-order valence-corrected chi connectivity index (χ3v) is 9.02. The Balaban J connectivity index is 1.53. The molecule has 0 bridgehead atoms. The molecule has 1 unspecified atom stereocenters. The Labute approximate surface area is 158 Å². The molecule has 0 spiro atoms. The van der Waals surface area contributed by atoms with Crippen LogP contribution in [0, 0.1) is 28.6 Å². The van der Waals surface area contributed by atoms with Crippen molar-refractivity contribution in [2.24, 2.45) is 28.6 Å². The highest BCUT2D eigenvalue weighted by atomic mass is 16.1. The van der Waals surface area contributed by atoms with Crippen LogP contribution < -0.4 is 0 Å². The maximum atomic E-state index is 12.0. The van der Waals surface area contributed by atoms with Gasteiger partial charge in [-0.05, 0) is 91.1 Å². The Morgan fingerprint density at radius 3 is 2.50 bits per heavy atom. The normalized spacial score (nSPS) is 44.7. The Morgan fingerprint density at radius 2 is 1.69 bits per heavy atom. The van der Waals surface area contributed by atoms with E-state index in [1.165, 1.54) is 37.7 Å². The van der Waals surface area contributed by atoms with E-state index in [0.717, 1.165) is 42.9 Å². The van der Waals surface area contributed by atoms with E-state index in [-0.39, 0.29) is 0 Å². The molecule has 6 atom stereocenters. The van der Waals surface area contributed by atoms with Gasteiger partial charge in [-0.2, -0.15) is 0 Å². The standard InChI is InChI=1S/C25H32O/c1-24-13-11-20(17-6-4-3-5-7-17)23(24)21-9-8-18-16-19(26)10-15-25(18,2)22(21)12-14-24/h3-7,16,20-23H,8-15H2,1-2H3/t20?,21-,22+,23+,24+,25+/m1/s1. The lowest BCUT2D eigenvalue weighted by molar-refractivity contribution is -0.117. The fourth-order valence-electron chi connectivity index (χ4n) is 7.70. The number of hydrogen-bond donors (Lipinski definition) is 0. The van der Waals surface area contributed by atoms with Crippen molar-refractivity contribution in [1.29, 1.82) is 0 Å². The van der Waals surface area contributed by atoms with Gasteiger partial charge in [-0.15, -0.1) is 0 Å². The summed E-state index contributed by atoms with van der Waals surface area (Å²) in [5.74, 6) is 3.59. The van der Waals surface area contributed by atoms with Gasteiger partial charge in [-0.25, -0.2) is 0 Å². The van der Waals surface area contributed by atoms with Gasteiger partial charge in [-0.1, -0.05) is 49.8 Å². The molecule has 1 aromatic rings. The molecule has 0 heterocycles. The molecule has 0 N–H and O–H groups in total. The van der Waals surface area contributed by atoms with Gasteiger partial charge in [0.2, 0.25) is 0 Å². The van der Waals surface area contributed by atoms with Crippen LogP contribution in [0.25, 0.3) is 0 Å². The van der Waals surface area contributed by atoms with E-state index in [2.05, 4.69) is 44.2 Å². The summed E-state index contributed by atoms with van der Waals surface area (Å²) in [6.07, 6.45) is 11.9. The molecule has 1 aromatic carbocycles. The lowest BCUT2D eigenvalue weighted by atomic mass is 9.46. The van der Waals surface area contributed by atoms with Crippen molar-refractivity contribution < 1.29 is 4.79 Å². The Morgan fingerprint density at radius 1 is 0.923 bits per heavy atom. The van der Waals surface area contributed by atoms with Gasteiger partial charge >= 0.3 is 0 Å². The molecule has 3 saturated carbocycles. The Kier molecular flexibility index (Phi) is 3.75. The molecule has 0 saturated heterocycles. The number of rotatable bonds is 1. The van der Waals surface area contributed by atoms with Crippen molar-refractivity contribution in [1.82, 2.24) is 0 Å². The number of carbonyl (C=O) groups excluding carboxylic acids is 1. The Bertz CT molecular complexity index is 747. The zero-order valence-electron chi connectivity index (χ0n) is 16.3. The van der Waals surface area contributed by atoms with Gasteiger partial charge in [0, 0.05) is 6.42 Å². The number of carbonyl (C=O) groups is 1. The molecule has 1 heteroatoms. The van der Waals surface area contributed by atoms with E-state index in [1.807, 2.05) is 6.08 Å². The number of hydrogen-bond acceptors (Lipinski definition) is 1. The first-order valence-electron chi connectivity index (χ1n) is 10.8. The van der Waals surface area contributed by atoms with Crippen LogP contribution in [0.3, 0.4) is 0 Å². The second kappa shape index (κ2) is 5.81. The molecule has 0 amide bonds. The molecule has 4 aliphatic carbocycles. The SMILES string of the molecule is C[C@@]12CCC(c3ccccc3)[C@H]1[C@@H]1CCC3=CC(=O)CC[C@]3(C)[C@H]1CC2. The predicted octanol–water partition coefficient (Wildman–Crippen LogP) is 6.30. The van der Waals surface area contributed by atoms with E-state index in [4.69, 9.17) is 0 Å². The zero-order chi connectivity index (χ0) is 17.9. The molecule has 3 fully saturated rings.